The van der Waals surface area contributed by atoms with Crippen molar-refractivity contribution in [3.63, 3.8) is 0 Å². The molecule has 2 nitrogen and oxygen atoms in total. The van der Waals surface area contributed by atoms with E-state index in [0.29, 0.717) is 12.2 Å². The SMILES string of the molecule is Cl.Cl.O=COc1ccccc1. The fraction of sp³-hybridized carbons (Fsp3) is 0. The molecule has 0 saturated heterocycles. The lowest BCUT2D eigenvalue weighted by atomic mass is 10.3. The predicted octanol–water partition coefficient (Wildman–Crippen LogP) is 2.07. The third-order valence-electron chi connectivity index (χ3n) is 0.927. The minimum Gasteiger partial charge on any atom is -0.429 e. The zero-order valence-electron chi connectivity index (χ0n) is 5.60. The van der Waals surface area contributed by atoms with Crippen LogP contribution in [0.2, 0.25) is 0 Å². The van der Waals surface area contributed by atoms with Crippen molar-refractivity contribution in [2.75, 3.05) is 0 Å². The van der Waals surface area contributed by atoms with Crippen LogP contribution >= 0.6 is 24.8 Å². The summed E-state index contributed by atoms with van der Waals surface area (Å²) in [5, 5.41) is 0. The lowest BCUT2D eigenvalue weighted by Crippen LogP contribution is -1.85. The van der Waals surface area contributed by atoms with Crippen molar-refractivity contribution in [3.05, 3.63) is 30.3 Å². The van der Waals surface area contributed by atoms with Gasteiger partial charge in [0.2, 0.25) is 0 Å². The fourth-order valence-corrected chi connectivity index (χ4v) is 0.555. The number of para-hydroxylation sites is 1. The van der Waals surface area contributed by atoms with Gasteiger partial charge in [-0.15, -0.1) is 24.8 Å². The molecule has 0 bridgehead atoms. The Kier molecular flexibility index (Phi) is 8.65. The molecule has 0 saturated carbocycles. The summed E-state index contributed by atoms with van der Waals surface area (Å²) in [7, 11) is 0. The van der Waals surface area contributed by atoms with Crippen LogP contribution in [-0.4, -0.2) is 6.47 Å². The van der Waals surface area contributed by atoms with Crippen LogP contribution in [-0.2, 0) is 4.79 Å². The zero-order valence-corrected chi connectivity index (χ0v) is 7.23. The molecule has 0 aliphatic carbocycles. The number of hydrogen-bond acceptors (Lipinski definition) is 2. The maximum absolute atomic E-state index is 9.75. The van der Waals surface area contributed by atoms with Gasteiger partial charge >= 0.3 is 0 Å². The van der Waals surface area contributed by atoms with Crippen molar-refractivity contribution >= 4 is 31.3 Å². The molecule has 0 spiro atoms. The van der Waals surface area contributed by atoms with Crippen molar-refractivity contribution in [1.82, 2.24) is 0 Å². The molecule has 0 fully saturated rings. The van der Waals surface area contributed by atoms with Crippen LogP contribution in [0.5, 0.6) is 5.75 Å². The van der Waals surface area contributed by atoms with E-state index in [1.165, 1.54) is 0 Å². The molecule has 1 aromatic rings. The molecule has 11 heavy (non-hydrogen) atoms. The van der Waals surface area contributed by atoms with Gasteiger partial charge in [-0.1, -0.05) is 18.2 Å². The van der Waals surface area contributed by atoms with Crippen LogP contribution in [0.1, 0.15) is 0 Å². The van der Waals surface area contributed by atoms with Crippen LogP contribution in [0.25, 0.3) is 0 Å². The number of benzene rings is 1. The number of hydrogen-bond donors (Lipinski definition) is 0. The number of carbonyl (C=O) groups excluding carboxylic acids is 1. The molecule has 0 N–H and O–H groups in total. The van der Waals surface area contributed by atoms with Crippen molar-refractivity contribution in [2.24, 2.45) is 0 Å². The molecule has 0 unspecified atom stereocenters. The van der Waals surface area contributed by atoms with E-state index in [1.807, 2.05) is 6.07 Å². The van der Waals surface area contributed by atoms with E-state index in [9.17, 15) is 4.79 Å². The minimum absolute atomic E-state index is 0. The first kappa shape index (κ1) is 12.9. The molecule has 1 aromatic carbocycles. The predicted molar refractivity (Wildman–Crippen MR) is 47.6 cm³/mol. The van der Waals surface area contributed by atoms with E-state index in [-0.39, 0.29) is 24.8 Å². The van der Waals surface area contributed by atoms with Crippen LogP contribution in [0, 0.1) is 0 Å². The molecule has 0 amide bonds. The average Bonchev–Trinajstić information content (AvgIpc) is 1.91. The van der Waals surface area contributed by atoms with Gasteiger partial charge in [-0.25, -0.2) is 0 Å². The van der Waals surface area contributed by atoms with Crippen LogP contribution < -0.4 is 4.74 Å². The van der Waals surface area contributed by atoms with Gasteiger partial charge in [0, 0.05) is 0 Å². The van der Waals surface area contributed by atoms with Gasteiger partial charge in [0.25, 0.3) is 6.47 Å². The third-order valence-corrected chi connectivity index (χ3v) is 0.927. The van der Waals surface area contributed by atoms with Gasteiger partial charge in [-0.2, -0.15) is 0 Å². The molecule has 0 heterocycles. The zero-order chi connectivity index (χ0) is 6.53. The van der Waals surface area contributed by atoms with Gasteiger partial charge in [0.05, 0.1) is 0 Å². The summed E-state index contributed by atoms with van der Waals surface area (Å²) >= 11 is 0. The van der Waals surface area contributed by atoms with Gasteiger partial charge in [-0.05, 0) is 12.1 Å². The maximum Gasteiger partial charge on any atom is 0.298 e. The fourth-order valence-electron chi connectivity index (χ4n) is 0.555. The second-order valence-corrected chi connectivity index (χ2v) is 1.53. The first-order valence-electron chi connectivity index (χ1n) is 2.59. The highest BCUT2D eigenvalue weighted by Crippen LogP contribution is 2.05. The van der Waals surface area contributed by atoms with Crippen molar-refractivity contribution < 1.29 is 9.53 Å². The van der Waals surface area contributed by atoms with E-state index in [1.54, 1.807) is 24.3 Å². The van der Waals surface area contributed by atoms with E-state index in [0.717, 1.165) is 0 Å². The number of rotatable bonds is 2. The monoisotopic (exact) mass is 194 g/mol. The summed E-state index contributed by atoms with van der Waals surface area (Å²) in [6.45, 7) is 0.412. The Labute approximate surface area is 77.4 Å². The number of carbonyl (C=O) groups is 1. The first-order chi connectivity index (χ1) is 4.43. The highest BCUT2D eigenvalue weighted by molar-refractivity contribution is 5.85. The highest BCUT2D eigenvalue weighted by Gasteiger charge is 1.84. The average molecular weight is 195 g/mol. The molecule has 0 aliphatic heterocycles. The summed E-state index contributed by atoms with van der Waals surface area (Å²) in [6.07, 6.45) is 0. The van der Waals surface area contributed by atoms with E-state index in [2.05, 4.69) is 4.74 Å². The minimum atomic E-state index is 0. The maximum atomic E-state index is 9.75. The van der Waals surface area contributed by atoms with Crippen molar-refractivity contribution in [2.45, 2.75) is 0 Å². The molecule has 62 valence electrons. The Morgan fingerprint density at radius 1 is 1.09 bits per heavy atom. The second-order valence-electron chi connectivity index (χ2n) is 1.53. The van der Waals surface area contributed by atoms with Gasteiger partial charge < -0.3 is 4.74 Å². The summed E-state index contributed by atoms with van der Waals surface area (Å²) in [5.41, 5.74) is 0. The standard InChI is InChI=1S/C7H6O2.2ClH/c8-6-9-7-4-2-1-3-5-7;;/h1-6H;2*1H. The summed E-state index contributed by atoms with van der Waals surface area (Å²) in [4.78, 5) is 9.75. The molecule has 0 atom stereocenters. The van der Waals surface area contributed by atoms with Gasteiger partial charge in [-0.3, -0.25) is 4.79 Å². The Hall–Kier alpha value is -0.730. The Balaban J connectivity index is 0. The lowest BCUT2D eigenvalue weighted by molar-refractivity contribution is -0.120. The van der Waals surface area contributed by atoms with Gasteiger partial charge in [0.15, 0.2) is 0 Å². The highest BCUT2D eigenvalue weighted by atomic mass is 35.5. The van der Waals surface area contributed by atoms with Crippen LogP contribution in [0.3, 0.4) is 0 Å². The van der Waals surface area contributed by atoms with E-state index >= 15 is 0 Å². The second kappa shape index (κ2) is 7.38. The summed E-state index contributed by atoms with van der Waals surface area (Å²) in [5.74, 6) is 0.576. The topological polar surface area (TPSA) is 26.3 Å². The van der Waals surface area contributed by atoms with Gasteiger partial charge in [0.1, 0.15) is 5.75 Å². The van der Waals surface area contributed by atoms with Crippen LogP contribution in [0.4, 0.5) is 0 Å². The third kappa shape index (κ3) is 4.65. The van der Waals surface area contributed by atoms with E-state index in [4.69, 9.17) is 0 Å². The molecule has 0 radical (unpaired) electrons. The Morgan fingerprint density at radius 2 is 1.64 bits per heavy atom. The molecular formula is C7H8Cl2O2. The lowest BCUT2D eigenvalue weighted by Gasteiger charge is -1.92. The Bertz CT molecular complexity index is 189. The number of ether oxygens (including phenoxy) is 1. The Morgan fingerprint density at radius 3 is 2.09 bits per heavy atom. The normalized spacial score (nSPS) is 6.91. The van der Waals surface area contributed by atoms with Crippen molar-refractivity contribution in [3.8, 4) is 5.75 Å². The van der Waals surface area contributed by atoms with Crippen LogP contribution in [0.15, 0.2) is 30.3 Å². The molecule has 0 aliphatic rings. The quantitative estimate of drug-likeness (QED) is 0.675. The summed E-state index contributed by atoms with van der Waals surface area (Å²) in [6, 6.07) is 8.90. The largest absolute Gasteiger partial charge is 0.429 e. The first-order valence-corrected chi connectivity index (χ1v) is 2.59. The van der Waals surface area contributed by atoms with Crippen molar-refractivity contribution in [1.29, 1.82) is 0 Å². The molecule has 0 aromatic heterocycles. The summed E-state index contributed by atoms with van der Waals surface area (Å²) < 4.78 is 4.53. The molecule has 4 heteroatoms. The van der Waals surface area contributed by atoms with E-state index < -0.39 is 0 Å². The number of halogens is 2. The molecule has 1 rings (SSSR count). The smallest absolute Gasteiger partial charge is 0.298 e. The molecular weight excluding hydrogens is 187 g/mol.